The summed E-state index contributed by atoms with van der Waals surface area (Å²) in [6, 6.07) is 0. The number of ether oxygens (including phenoxy) is 1. The number of carbonyl (C=O) groups excluding carboxylic acids is 1. The molecule has 0 aromatic heterocycles. The Kier molecular flexibility index (Phi) is 2.60. The van der Waals surface area contributed by atoms with Crippen molar-refractivity contribution in [2.75, 3.05) is 6.61 Å². The van der Waals surface area contributed by atoms with Crippen LogP contribution in [0.25, 0.3) is 0 Å². The van der Waals surface area contributed by atoms with Crippen molar-refractivity contribution < 1.29 is 14.6 Å². The maximum absolute atomic E-state index is 12.0. The molecule has 0 radical (unpaired) electrons. The van der Waals surface area contributed by atoms with Gasteiger partial charge in [-0.25, -0.2) is 4.79 Å². The molecule has 0 spiro atoms. The van der Waals surface area contributed by atoms with E-state index >= 15 is 0 Å². The maximum atomic E-state index is 12.0. The molecule has 3 rings (SSSR count). The number of rotatable bonds is 1. The summed E-state index contributed by atoms with van der Waals surface area (Å²) in [5.41, 5.74) is 0.534. The van der Waals surface area contributed by atoms with Gasteiger partial charge in [0.2, 0.25) is 0 Å². The summed E-state index contributed by atoms with van der Waals surface area (Å²) in [7, 11) is 0. The normalized spacial score (nSPS) is 41.7. The zero-order valence-corrected chi connectivity index (χ0v) is 11.2. The summed E-state index contributed by atoms with van der Waals surface area (Å²) in [6.45, 7) is 4.55. The lowest BCUT2D eigenvalue weighted by Gasteiger charge is -2.58. The molecule has 1 saturated heterocycles. The molecule has 0 unspecified atom stereocenters. The van der Waals surface area contributed by atoms with E-state index in [0.717, 1.165) is 37.7 Å². The van der Waals surface area contributed by atoms with E-state index in [1.165, 1.54) is 0 Å². The van der Waals surface area contributed by atoms with Crippen LogP contribution in [0.1, 0.15) is 46.0 Å². The Hall–Kier alpha value is -0.830. The van der Waals surface area contributed by atoms with E-state index in [1.54, 1.807) is 0 Å². The third kappa shape index (κ3) is 1.56. The number of aliphatic hydroxyl groups excluding tert-OH is 1. The average molecular weight is 250 g/mol. The molecule has 0 aromatic carbocycles. The number of carbonyl (C=O) groups is 1. The van der Waals surface area contributed by atoms with Crippen molar-refractivity contribution in [2.24, 2.45) is 17.3 Å². The van der Waals surface area contributed by atoms with Crippen molar-refractivity contribution >= 4 is 5.97 Å². The molecular weight excluding hydrogens is 228 g/mol. The summed E-state index contributed by atoms with van der Waals surface area (Å²) in [6.07, 6.45) is 6.60. The summed E-state index contributed by atoms with van der Waals surface area (Å²) in [5.74, 6) is 0.721. The lowest BCUT2D eigenvalue weighted by molar-refractivity contribution is -0.204. The number of fused-ring (bicyclic) bond motifs is 5. The van der Waals surface area contributed by atoms with Gasteiger partial charge in [-0.3, -0.25) is 0 Å². The quantitative estimate of drug-likeness (QED) is 0.727. The van der Waals surface area contributed by atoms with Gasteiger partial charge < -0.3 is 9.84 Å². The number of aliphatic hydroxyl groups is 1. The maximum Gasteiger partial charge on any atom is 0.334 e. The van der Waals surface area contributed by atoms with Crippen LogP contribution in [0.4, 0.5) is 0 Å². The Balaban J connectivity index is 1.99. The van der Waals surface area contributed by atoms with Crippen molar-refractivity contribution in [2.45, 2.75) is 51.6 Å². The van der Waals surface area contributed by atoms with Gasteiger partial charge in [-0.05, 0) is 43.4 Å². The van der Waals surface area contributed by atoms with Gasteiger partial charge >= 0.3 is 5.97 Å². The highest BCUT2D eigenvalue weighted by molar-refractivity contribution is 5.89. The highest BCUT2D eigenvalue weighted by atomic mass is 16.6. The van der Waals surface area contributed by atoms with Crippen molar-refractivity contribution in [3.05, 3.63) is 11.6 Å². The van der Waals surface area contributed by atoms with Crippen LogP contribution in [0.15, 0.2) is 11.6 Å². The van der Waals surface area contributed by atoms with Gasteiger partial charge in [-0.2, -0.15) is 0 Å². The van der Waals surface area contributed by atoms with E-state index in [4.69, 9.17) is 4.74 Å². The molecule has 2 aliphatic heterocycles. The molecule has 3 aliphatic rings. The predicted molar refractivity (Wildman–Crippen MR) is 67.8 cm³/mol. The second-order valence-corrected chi connectivity index (χ2v) is 6.82. The van der Waals surface area contributed by atoms with Crippen LogP contribution < -0.4 is 0 Å². The lowest BCUT2D eigenvalue weighted by atomic mass is 9.49. The van der Waals surface area contributed by atoms with Gasteiger partial charge in [0.05, 0.1) is 6.61 Å². The van der Waals surface area contributed by atoms with E-state index in [0.29, 0.717) is 17.3 Å². The molecule has 2 heterocycles. The number of hydrogen-bond donors (Lipinski definition) is 1. The Morgan fingerprint density at radius 1 is 1.44 bits per heavy atom. The van der Waals surface area contributed by atoms with Crippen molar-refractivity contribution in [3.8, 4) is 0 Å². The van der Waals surface area contributed by atoms with Crippen LogP contribution in [0, 0.1) is 17.3 Å². The van der Waals surface area contributed by atoms with Crippen LogP contribution in [0.3, 0.4) is 0 Å². The molecule has 3 atom stereocenters. The molecule has 1 saturated carbocycles. The molecule has 3 heteroatoms. The van der Waals surface area contributed by atoms with Gasteiger partial charge in [0, 0.05) is 11.5 Å². The average Bonchev–Trinajstić information content (AvgIpc) is 2.42. The summed E-state index contributed by atoms with van der Waals surface area (Å²) >= 11 is 0. The van der Waals surface area contributed by atoms with Crippen LogP contribution in [-0.2, 0) is 9.53 Å². The number of allylic oxidation sites excluding steroid dienone is 1. The molecule has 3 nitrogen and oxygen atoms in total. The zero-order valence-electron chi connectivity index (χ0n) is 11.2. The fourth-order valence-corrected chi connectivity index (χ4v) is 4.27. The number of hydrogen-bond acceptors (Lipinski definition) is 3. The summed E-state index contributed by atoms with van der Waals surface area (Å²) < 4.78 is 5.72. The van der Waals surface area contributed by atoms with Gasteiger partial charge in [0.15, 0.2) is 0 Å². The minimum absolute atomic E-state index is 0.0306. The highest BCUT2D eigenvalue weighted by Crippen LogP contribution is 2.60. The minimum Gasteiger partial charge on any atom is -0.453 e. The fraction of sp³-hybridized carbons (Fsp3) is 0.800. The van der Waals surface area contributed by atoms with Crippen LogP contribution in [0.2, 0.25) is 0 Å². The second kappa shape index (κ2) is 3.83. The fourth-order valence-electron chi connectivity index (χ4n) is 4.27. The molecule has 0 amide bonds. The molecule has 2 bridgehead atoms. The molecule has 100 valence electrons. The summed E-state index contributed by atoms with van der Waals surface area (Å²) in [4.78, 5) is 12.0. The van der Waals surface area contributed by atoms with E-state index in [2.05, 4.69) is 13.8 Å². The monoisotopic (exact) mass is 250 g/mol. The molecule has 1 N–H and O–H groups in total. The van der Waals surface area contributed by atoms with E-state index in [-0.39, 0.29) is 12.6 Å². The van der Waals surface area contributed by atoms with Crippen molar-refractivity contribution in [1.29, 1.82) is 0 Å². The Morgan fingerprint density at radius 2 is 2.22 bits per heavy atom. The largest absolute Gasteiger partial charge is 0.453 e. The lowest BCUT2D eigenvalue weighted by Crippen LogP contribution is -2.59. The van der Waals surface area contributed by atoms with Crippen molar-refractivity contribution in [3.63, 3.8) is 0 Å². The number of esters is 1. The third-order valence-electron chi connectivity index (χ3n) is 5.42. The van der Waals surface area contributed by atoms with E-state index in [1.807, 2.05) is 6.08 Å². The smallest absolute Gasteiger partial charge is 0.334 e. The summed E-state index contributed by atoms with van der Waals surface area (Å²) in [5, 5.41) is 9.82. The Labute approximate surface area is 108 Å². The first-order valence-electron chi connectivity index (χ1n) is 7.02. The van der Waals surface area contributed by atoms with Crippen LogP contribution in [-0.4, -0.2) is 23.3 Å². The Morgan fingerprint density at radius 3 is 2.89 bits per heavy atom. The van der Waals surface area contributed by atoms with Crippen LogP contribution >= 0.6 is 0 Å². The first-order chi connectivity index (χ1) is 8.48. The first kappa shape index (κ1) is 12.2. The Bertz CT molecular complexity index is 410. The molecule has 1 aliphatic carbocycles. The van der Waals surface area contributed by atoms with Crippen LogP contribution in [0.5, 0.6) is 0 Å². The van der Waals surface area contributed by atoms with E-state index in [9.17, 15) is 9.90 Å². The molecule has 2 fully saturated rings. The SMILES string of the molecule is CC1(C)C[C@@H]2[C@@H]1CCC1=CCC[C@]2(CO)OC1=O. The topological polar surface area (TPSA) is 46.5 Å². The minimum atomic E-state index is -0.615. The second-order valence-electron chi connectivity index (χ2n) is 6.82. The highest BCUT2D eigenvalue weighted by Gasteiger charge is 2.59. The van der Waals surface area contributed by atoms with E-state index < -0.39 is 5.60 Å². The van der Waals surface area contributed by atoms with Crippen molar-refractivity contribution in [1.82, 2.24) is 0 Å². The standard InChI is InChI=1S/C15H22O3/c1-14(2)8-12-11(14)6-5-10-4-3-7-15(12,9-16)18-13(10)17/h4,11-12,16H,3,5-9H2,1-2H3/t11-,12+,15+/m0/s1. The van der Waals surface area contributed by atoms with Gasteiger partial charge in [0.1, 0.15) is 5.60 Å². The predicted octanol–water partition coefficient (Wildman–Crippen LogP) is 2.44. The molecule has 0 aromatic rings. The van der Waals surface area contributed by atoms with Gasteiger partial charge in [-0.15, -0.1) is 0 Å². The first-order valence-corrected chi connectivity index (χ1v) is 7.02. The molecular formula is C15H22O3. The molecule has 18 heavy (non-hydrogen) atoms. The zero-order chi connectivity index (χ0) is 13.0. The third-order valence-corrected chi connectivity index (χ3v) is 5.42. The van der Waals surface area contributed by atoms with Gasteiger partial charge in [0.25, 0.3) is 0 Å². The van der Waals surface area contributed by atoms with Gasteiger partial charge in [-0.1, -0.05) is 19.9 Å².